The van der Waals surface area contributed by atoms with Crippen LogP contribution in [0.15, 0.2) is 42.5 Å². The van der Waals surface area contributed by atoms with E-state index in [0.29, 0.717) is 5.92 Å². The Bertz CT molecular complexity index is 1360. The molecular formula is C35H48N4O2. The molecule has 4 atom stereocenters. The van der Waals surface area contributed by atoms with Gasteiger partial charge in [-0.3, -0.25) is 9.59 Å². The number of nitrogens with zero attached hydrogens (tertiary/aromatic N) is 1. The van der Waals surface area contributed by atoms with Gasteiger partial charge < -0.3 is 15.6 Å². The van der Waals surface area contributed by atoms with E-state index in [0.717, 1.165) is 98.0 Å². The summed E-state index contributed by atoms with van der Waals surface area (Å²) in [5, 5.41) is 6.40. The molecule has 0 aliphatic heterocycles. The van der Waals surface area contributed by atoms with Gasteiger partial charge in [-0.1, -0.05) is 66.2 Å². The minimum Gasteiger partial charge on any atom is -0.338 e. The quantitative estimate of drug-likeness (QED) is 0.220. The molecule has 2 aliphatic carbocycles. The number of rotatable bonds is 11. The Hall–Kier alpha value is -3.15. The summed E-state index contributed by atoms with van der Waals surface area (Å²) in [6, 6.07) is 13.8. The summed E-state index contributed by atoms with van der Waals surface area (Å²) in [6.07, 6.45) is 12.9. The third-order valence-corrected chi connectivity index (χ3v) is 9.91. The number of aromatic amines is 1. The molecule has 2 bridgehead atoms. The molecule has 2 aliphatic rings. The van der Waals surface area contributed by atoms with Crippen LogP contribution >= 0.6 is 0 Å². The van der Waals surface area contributed by atoms with Crippen LogP contribution in [0.4, 0.5) is 11.4 Å². The van der Waals surface area contributed by atoms with Crippen molar-refractivity contribution < 1.29 is 9.59 Å². The fraction of sp³-hybridized carbons (Fsp3) is 0.571. The zero-order valence-corrected chi connectivity index (χ0v) is 25.4. The number of aromatic nitrogens is 2. The Morgan fingerprint density at radius 2 is 1.78 bits per heavy atom. The van der Waals surface area contributed by atoms with Gasteiger partial charge in [0.05, 0.1) is 16.4 Å². The minimum atomic E-state index is -0.246. The second kappa shape index (κ2) is 12.4. The molecular weight excluding hydrogens is 508 g/mol. The average Bonchev–Trinajstić information content (AvgIpc) is 3.39. The maximum atomic E-state index is 13.7. The lowest BCUT2D eigenvalue weighted by Gasteiger charge is -2.51. The van der Waals surface area contributed by atoms with E-state index in [1.54, 1.807) is 0 Å². The number of hydrogen-bond acceptors (Lipinski definition) is 3. The molecule has 2 aromatic carbocycles. The normalized spacial score (nSPS) is 24.6. The molecule has 0 radical (unpaired) electrons. The standard InChI is InChI=1S/C35H48N4O2/c1-5-8-12-26(10-6-2)32(40)36-27-15-13-25(14-16-27)31-38-29-18-17-28(20-30(29)39-31)37-33(41)35-19-9-11-24(22-35)21-34(4,7-3)23-35/h13-18,20,24,26H,5-12,19,21-23H2,1-4H3,(H,36,40)(H,37,41)(H,38,39). The molecule has 3 N–H and O–H groups in total. The summed E-state index contributed by atoms with van der Waals surface area (Å²) in [5.41, 5.74) is 4.35. The lowest BCUT2D eigenvalue weighted by Crippen LogP contribution is -2.48. The SMILES string of the molecule is CCCCC(CCC)C(=O)Nc1ccc(-c2nc3ccc(NC(=O)C45CCCC(CC(C)(CC)C4)C5)cc3[nH]2)cc1. The number of amides is 2. The van der Waals surface area contributed by atoms with Crippen molar-refractivity contribution in [3.63, 3.8) is 0 Å². The maximum Gasteiger partial charge on any atom is 0.230 e. The van der Waals surface area contributed by atoms with Crippen molar-refractivity contribution >= 4 is 34.2 Å². The largest absolute Gasteiger partial charge is 0.338 e. The fourth-order valence-electron chi connectivity index (χ4n) is 7.61. The maximum absolute atomic E-state index is 13.7. The smallest absolute Gasteiger partial charge is 0.230 e. The molecule has 2 fully saturated rings. The molecule has 1 aromatic heterocycles. The number of anilines is 2. The summed E-state index contributed by atoms with van der Waals surface area (Å²) >= 11 is 0. The molecule has 2 amide bonds. The third kappa shape index (κ3) is 6.52. The first kappa shape index (κ1) is 29.3. The van der Waals surface area contributed by atoms with Crippen LogP contribution in [-0.2, 0) is 9.59 Å². The van der Waals surface area contributed by atoms with Gasteiger partial charge in [-0.15, -0.1) is 0 Å². The highest BCUT2D eigenvalue weighted by Gasteiger charge is 2.51. The van der Waals surface area contributed by atoms with Gasteiger partial charge >= 0.3 is 0 Å². The van der Waals surface area contributed by atoms with E-state index >= 15 is 0 Å². The number of imidazole rings is 1. The molecule has 220 valence electrons. The van der Waals surface area contributed by atoms with Crippen LogP contribution in [0.25, 0.3) is 22.4 Å². The molecule has 5 rings (SSSR count). The van der Waals surface area contributed by atoms with Crippen molar-refractivity contribution in [2.45, 2.75) is 105 Å². The van der Waals surface area contributed by atoms with Crippen molar-refractivity contribution in [2.75, 3.05) is 10.6 Å². The summed E-state index contributed by atoms with van der Waals surface area (Å²) in [7, 11) is 0. The van der Waals surface area contributed by atoms with Crippen LogP contribution < -0.4 is 10.6 Å². The lowest BCUT2D eigenvalue weighted by molar-refractivity contribution is -0.135. The number of hydrogen-bond donors (Lipinski definition) is 3. The van der Waals surface area contributed by atoms with E-state index in [9.17, 15) is 9.59 Å². The van der Waals surface area contributed by atoms with Crippen molar-refractivity contribution in [3.05, 3.63) is 42.5 Å². The zero-order chi connectivity index (χ0) is 29.0. The second-order valence-electron chi connectivity index (χ2n) is 13.3. The number of carbonyl (C=O) groups is 2. The van der Waals surface area contributed by atoms with Gasteiger partial charge in [0.15, 0.2) is 0 Å². The predicted molar refractivity (Wildman–Crippen MR) is 169 cm³/mol. The van der Waals surface area contributed by atoms with Crippen molar-refractivity contribution in [2.24, 2.45) is 22.7 Å². The van der Waals surface area contributed by atoms with E-state index in [-0.39, 0.29) is 28.6 Å². The predicted octanol–water partition coefficient (Wildman–Crippen LogP) is 9.10. The first-order chi connectivity index (χ1) is 19.8. The van der Waals surface area contributed by atoms with E-state index in [4.69, 9.17) is 4.98 Å². The van der Waals surface area contributed by atoms with Crippen LogP contribution in [0.2, 0.25) is 0 Å². The molecule has 3 aromatic rings. The minimum absolute atomic E-state index is 0.0677. The molecule has 6 nitrogen and oxygen atoms in total. The Balaban J connectivity index is 1.27. The zero-order valence-electron chi connectivity index (χ0n) is 25.4. The fourth-order valence-corrected chi connectivity index (χ4v) is 7.61. The number of H-pyrrole nitrogens is 1. The van der Waals surface area contributed by atoms with E-state index < -0.39 is 0 Å². The summed E-state index contributed by atoms with van der Waals surface area (Å²) in [5.74, 6) is 1.81. The number of carbonyl (C=O) groups excluding carboxylic acids is 2. The van der Waals surface area contributed by atoms with E-state index in [2.05, 4.69) is 43.3 Å². The van der Waals surface area contributed by atoms with Crippen molar-refractivity contribution in [3.8, 4) is 11.4 Å². The molecule has 41 heavy (non-hydrogen) atoms. The average molecular weight is 557 g/mol. The van der Waals surface area contributed by atoms with Gasteiger partial charge in [0.25, 0.3) is 0 Å². The topological polar surface area (TPSA) is 86.9 Å². The Kier molecular flexibility index (Phi) is 8.86. The second-order valence-corrected chi connectivity index (χ2v) is 13.3. The Labute approximate surface area is 245 Å². The van der Waals surface area contributed by atoms with Crippen LogP contribution in [0.3, 0.4) is 0 Å². The highest BCUT2D eigenvalue weighted by atomic mass is 16.2. The van der Waals surface area contributed by atoms with Gasteiger partial charge in [0.2, 0.25) is 11.8 Å². The van der Waals surface area contributed by atoms with Crippen LogP contribution in [-0.4, -0.2) is 21.8 Å². The first-order valence-electron chi connectivity index (χ1n) is 16.0. The van der Waals surface area contributed by atoms with Gasteiger partial charge in [-0.25, -0.2) is 4.98 Å². The Morgan fingerprint density at radius 3 is 2.51 bits per heavy atom. The molecule has 1 heterocycles. The molecule has 4 unspecified atom stereocenters. The van der Waals surface area contributed by atoms with Crippen molar-refractivity contribution in [1.82, 2.24) is 9.97 Å². The number of fused-ring (bicyclic) bond motifs is 3. The van der Waals surface area contributed by atoms with Crippen LogP contribution in [0.1, 0.15) is 105 Å². The highest BCUT2D eigenvalue weighted by Crippen LogP contribution is 2.57. The molecule has 0 spiro atoms. The molecule has 6 heteroatoms. The van der Waals surface area contributed by atoms with Crippen LogP contribution in [0, 0.1) is 22.7 Å². The Morgan fingerprint density at radius 1 is 1.00 bits per heavy atom. The van der Waals surface area contributed by atoms with Crippen LogP contribution in [0.5, 0.6) is 0 Å². The van der Waals surface area contributed by atoms with Crippen molar-refractivity contribution in [1.29, 1.82) is 0 Å². The number of unbranched alkanes of at least 4 members (excludes halogenated alkanes) is 1. The third-order valence-electron chi connectivity index (χ3n) is 9.91. The van der Waals surface area contributed by atoms with E-state index in [1.807, 2.05) is 42.5 Å². The summed E-state index contributed by atoms with van der Waals surface area (Å²) in [6.45, 7) is 8.95. The number of nitrogens with one attached hydrogen (secondary N) is 3. The molecule has 2 saturated carbocycles. The number of benzene rings is 2. The summed E-state index contributed by atoms with van der Waals surface area (Å²) in [4.78, 5) is 34.8. The van der Waals surface area contributed by atoms with Gasteiger partial charge in [-0.2, -0.15) is 0 Å². The monoisotopic (exact) mass is 556 g/mol. The van der Waals surface area contributed by atoms with E-state index in [1.165, 1.54) is 12.8 Å². The highest BCUT2D eigenvalue weighted by molar-refractivity contribution is 5.97. The summed E-state index contributed by atoms with van der Waals surface area (Å²) < 4.78 is 0. The van der Waals surface area contributed by atoms with Gasteiger partial charge in [0, 0.05) is 22.9 Å². The van der Waals surface area contributed by atoms with Gasteiger partial charge in [-0.05, 0) is 92.3 Å². The lowest BCUT2D eigenvalue weighted by atomic mass is 9.53. The molecule has 0 saturated heterocycles. The first-order valence-corrected chi connectivity index (χ1v) is 16.0. The van der Waals surface area contributed by atoms with Gasteiger partial charge in [0.1, 0.15) is 5.82 Å².